The van der Waals surface area contributed by atoms with Gasteiger partial charge in [-0.2, -0.15) is 26.3 Å². The Morgan fingerprint density at radius 1 is 1.08 bits per heavy atom. The zero-order valence-corrected chi connectivity index (χ0v) is 8.67. The number of rotatable bonds is 2. The Morgan fingerprint density at radius 3 is 1.69 bits per heavy atom. The normalized spacial score (nSPS) is 18.5. The van der Waals surface area contributed by atoms with Crippen molar-refractivity contribution < 1.29 is 26.3 Å². The highest BCUT2D eigenvalue weighted by atomic mass is 127. The van der Waals surface area contributed by atoms with Crippen molar-refractivity contribution in [3.63, 3.8) is 0 Å². The van der Waals surface area contributed by atoms with Crippen molar-refractivity contribution in [3.8, 4) is 0 Å². The molecule has 0 bridgehead atoms. The lowest BCUT2D eigenvalue weighted by molar-refractivity contribution is -0.180. The Hall–Kier alpha value is 0.310. The van der Waals surface area contributed by atoms with Gasteiger partial charge in [-0.15, -0.1) is 0 Å². The van der Waals surface area contributed by atoms with Gasteiger partial charge in [0.15, 0.2) is 0 Å². The smallest absolute Gasteiger partial charge is 0.171 e. The van der Waals surface area contributed by atoms with Crippen molar-refractivity contribution >= 4 is 22.6 Å². The second kappa shape index (κ2) is 4.22. The van der Waals surface area contributed by atoms with Gasteiger partial charge in [-0.05, 0) is 0 Å². The lowest BCUT2D eigenvalue weighted by Gasteiger charge is -2.21. The van der Waals surface area contributed by atoms with Gasteiger partial charge in [-0.1, -0.05) is 29.5 Å². The molecule has 7 heteroatoms. The van der Waals surface area contributed by atoms with Crippen LogP contribution in [0.25, 0.3) is 0 Å². The fourth-order valence-electron chi connectivity index (χ4n) is 0.603. The number of hydrogen-bond donors (Lipinski definition) is 0. The molecule has 0 amide bonds. The van der Waals surface area contributed by atoms with E-state index in [1.807, 2.05) is 0 Å². The van der Waals surface area contributed by atoms with Crippen LogP contribution in [0.1, 0.15) is 13.3 Å². The van der Waals surface area contributed by atoms with E-state index in [4.69, 9.17) is 0 Å². The molecule has 0 spiro atoms. The third kappa shape index (κ3) is 5.58. The molecule has 0 saturated heterocycles. The molecular weight excluding hydrogens is 313 g/mol. The van der Waals surface area contributed by atoms with Crippen molar-refractivity contribution in [2.45, 2.75) is 29.6 Å². The molecule has 0 aromatic heterocycles. The Labute approximate surface area is 84.8 Å². The van der Waals surface area contributed by atoms with E-state index in [1.54, 1.807) is 0 Å². The molecule has 13 heavy (non-hydrogen) atoms. The third-order valence-electron chi connectivity index (χ3n) is 1.49. The van der Waals surface area contributed by atoms with Crippen LogP contribution in [0.5, 0.6) is 0 Å². The predicted molar refractivity (Wildman–Crippen MR) is 43.7 cm³/mol. The van der Waals surface area contributed by atoms with Gasteiger partial charge in [0.25, 0.3) is 0 Å². The average molecular weight is 320 g/mol. The van der Waals surface area contributed by atoms with Crippen molar-refractivity contribution in [2.24, 2.45) is 5.92 Å². The van der Waals surface area contributed by atoms with Gasteiger partial charge in [0.2, 0.25) is 0 Å². The minimum absolute atomic E-state index is 0.753. The summed E-state index contributed by atoms with van der Waals surface area (Å²) in [5.41, 5.74) is 0. The molecule has 0 aliphatic heterocycles. The van der Waals surface area contributed by atoms with Gasteiger partial charge in [-0.3, -0.25) is 0 Å². The second-order valence-corrected chi connectivity index (χ2v) is 4.27. The zero-order chi connectivity index (χ0) is 10.9. The maximum atomic E-state index is 11.9. The Morgan fingerprint density at radius 2 is 1.46 bits per heavy atom. The van der Waals surface area contributed by atoms with Crippen LogP contribution >= 0.6 is 22.6 Å². The Bertz CT molecular complexity index is 159. The van der Waals surface area contributed by atoms with E-state index in [9.17, 15) is 26.3 Å². The molecule has 0 heterocycles. The van der Waals surface area contributed by atoms with Gasteiger partial charge in [-0.25, -0.2) is 0 Å². The molecule has 0 aromatic carbocycles. The van der Waals surface area contributed by atoms with Gasteiger partial charge in [0.1, 0.15) is 0 Å². The molecule has 0 nitrogen and oxygen atoms in total. The molecule has 0 fully saturated rings. The highest BCUT2D eigenvalue weighted by Gasteiger charge is 2.44. The highest BCUT2D eigenvalue weighted by molar-refractivity contribution is 14.1. The van der Waals surface area contributed by atoms with E-state index >= 15 is 0 Å². The van der Waals surface area contributed by atoms with Gasteiger partial charge < -0.3 is 0 Å². The van der Waals surface area contributed by atoms with Crippen LogP contribution < -0.4 is 0 Å². The number of halogens is 7. The van der Waals surface area contributed by atoms with Gasteiger partial charge >= 0.3 is 12.4 Å². The van der Waals surface area contributed by atoms with E-state index in [0.717, 1.165) is 6.92 Å². The van der Waals surface area contributed by atoms with Crippen molar-refractivity contribution in [1.82, 2.24) is 0 Å². The summed E-state index contributed by atoms with van der Waals surface area (Å²) >= 11 is 1.18. The molecule has 0 saturated carbocycles. The predicted octanol–water partition coefficient (Wildman–Crippen LogP) is 3.94. The molecule has 0 N–H and O–H groups in total. The summed E-state index contributed by atoms with van der Waals surface area (Å²) < 4.78 is 69.3. The van der Waals surface area contributed by atoms with Crippen LogP contribution in [0, 0.1) is 5.92 Å². The highest BCUT2D eigenvalue weighted by Crippen LogP contribution is 2.37. The summed E-state index contributed by atoms with van der Waals surface area (Å²) in [5, 5.41) is 0. The average Bonchev–Trinajstić information content (AvgIpc) is 1.79. The first-order valence-electron chi connectivity index (χ1n) is 3.31. The molecule has 2 unspecified atom stereocenters. The molecular formula is C6H7F6I. The summed E-state index contributed by atoms with van der Waals surface area (Å²) in [6.07, 6.45) is -10.5. The van der Waals surface area contributed by atoms with E-state index in [2.05, 4.69) is 0 Å². The minimum atomic E-state index is -4.56. The zero-order valence-electron chi connectivity index (χ0n) is 6.51. The van der Waals surface area contributed by atoms with Crippen molar-refractivity contribution in [1.29, 1.82) is 0 Å². The topological polar surface area (TPSA) is 0 Å². The lowest BCUT2D eigenvalue weighted by atomic mass is 10.1. The Balaban J connectivity index is 4.20. The van der Waals surface area contributed by atoms with Gasteiger partial charge in [0.05, 0.1) is 12.3 Å². The standard InChI is InChI=1S/C6H7F6I/c1-3(6(10,11)12)4(13)2-5(7,8)9/h3-4H,2H2,1H3. The molecule has 2 atom stereocenters. The van der Waals surface area contributed by atoms with Crippen LogP contribution in [-0.2, 0) is 0 Å². The van der Waals surface area contributed by atoms with E-state index in [0.29, 0.717) is 0 Å². The fraction of sp³-hybridized carbons (Fsp3) is 1.00. The molecule has 0 rings (SSSR count). The van der Waals surface area contributed by atoms with Crippen molar-refractivity contribution in [2.75, 3.05) is 0 Å². The monoisotopic (exact) mass is 320 g/mol. The second-order valence-electron chi connectivity index (χ2n) is 2.67. The maximum Gasteiger partial charge on any atom is 0.392 e. The van der Waals surface area contributed by atoms with Crippen LogP contribution in [0.3, 0.4) is 0 Å². The number of hydrogen-bond acceptors (Lipinski definition) is 0. The molecule has 0 aliphatic carbocycles. The number of alkyl halides is 7. The summed E-state index contributed by atoms with van der Waals surface area (Å²) in [6, 6.07) is 0. The first kappa shape index (κ1) is 13.3. The maximum absolute atomic E-state index is 11.9. The summed E-state index contributed by atoms with van der Waals surface area (Å²) in [6.45, 7) is 0.753. The molecule has 0 aromatic rings. The SMILES string of the molecule is CC(C(I)CC(F)(F)F)C(F)(F)F. The van der Waals surface area contributed by atoms with Crippen LogP contribution in [0.4, 0.5) is 26.3 Å². The summed E-state index contributed by atoms with van der Waals surface area (Å²) in [4.78, 5) is 0. The van der Waals surface area contributed by atoms with Crippen LogP contribution in [-0.4, -0.2) is 16.3 Å². The van der Waals surface area contributed by atoms with Gasteiger partial charge in [0, 0.05) is 3.92 Å². The van der Waals surface area contributed by atoms with Crippen molar-refractivity contribution in [3.05, 3.63) is 0 Å². The summed E-state index contributed by atoms with van der Waals surface area (Å²) in [5.74, 6) is -1.94. The summed E-state index contributed by atoms with van der Waals surface area (Å²) in [7, 11) is 0. The van der Waals surface area contributed by atoms with E-state index in [1.165, 1.54) is 22.6 Å². The molecule has 0 aliphatic rings. The van der Waals surface area contributed by atoms with E-state index < -0.39 is 28.6 Å². The quantitative estimate of drug-likeness (QED) is 0.411. The minimum Gasteiger partial charge on any atom is -0.171 e. The first-order chi connectivity index (χ1) is 5.54. The lowest BCUT2D eigenvalue weighted by Crippen LogP contribution is -2.31. The third-order valence-corrected chi connectivity index (χ3v) is 3.00. The van der Waals surface area contributed by atoms with Crippen LogP contribution in [0.2, 0.25) is 0 Å². The largest absolute Gasteiger partial charge is 0.392 e. The Kier molecular flexibility index (Phi) is 4.32. The van der Waals surface area contributed by atoms with E-state index in [-0.39, 0.29) is 0 Å². The molecule has 0 radical (unpaired) electrons. The fourth-order valence-corrected chi connectivity index (χ4v) is 1.51. The first-order valence-corrected chi connectivity index (χ1v) is 4.56. The molecule has 80 valence electrons. The van der Waals surface area contributed by atoms with Crippen LogP contribution in [0.15, 0.2) is 0 Å².